The monoisotopic (exact) mass is 324 g/mol. The molecule has 1 aromatic rings. The molecule has 0 aliphatic rings. The molecule has 0 aromatic heterocycles. The van der Waals surface area contributed by atoms with E-state index in [1.54, 1.807) is 12.1 Å². The molecule has 0 spiro atoms. The van der Waals surface area contributed by atoms with Gasteiger partial charge in [-0.1, -0.05) is 46.6 Å². The van der Waals surface area contributed by atoms with Crippen molar-refractivity contribution >= 4 is 33.8 Å². The van der Waals surface area contributed by atoms with Crippen LogP contribution >= 0.6 is 27.7 Å². The summed E-state index contributed by atoms with van der Waals surface area (Å²) in [4.78, 5) is 0.214. The van der Waals surface area contributed by atoms with E-state index in [1.165, 1.54) is 17.7 Å². The molecule has 0 heterocycles. The summed E-state index contributed by atoms with van der Waals surface area (Å²) in [6, 6.07) is 6.38. The van der Waals surface area contributed by atoms with Crippen LogP contribution in [0.15, 0.2) is 34.7 Å². The van der Waals surface area contributed by atoms with Crippen molar-refractivity contribution in [1.29, 1.82) is 0 Å². The van der Waals surface area contributed by atoms with E-state index >= 15 is 0 Å². The second kappa shape index (κ2) is 6.50. The lowest BCUT2D eigenvalue weighted by atomic mass is 10.1. The molecule has 0 bridgehead atoms. The Bertz CT molecular complexity index is 376. The van der Waals surface area contributed by atoms with Crippen molar-refractivity contribution in [1.82, 2.24) is 0 Å². The van der Waals surface area contributed by atoms with E-state index in [9.17, 15) is 13.2 Å². The van der Waals surface area contributed by atoms with E-state index in [-0.39, 0.29) is 16.7 Å². The van der Waals surface area contributed by atoms with Crippen LogP contribution in [0.2, 0.25) is 0 Å². The van der Waals surface area contributed by atoms with Gasteiger partial charge < -0.3 is 0 Å². The lowest BCUT2D eigenvalue weighted by Crippen LogP contribution is -1.98. The van der Waals surface area contributed by atoms with Gasteiger partial charge >= 0.3 is 5.51 Å². The summed E-state index contributed by atoms with van der Waals surface area (Å²) in [5, 5.41) is 0.780. The Balaban J connectivity index is 2.78. The molecule has 94 valence electrons. The van der Waals surface area contributed by atoms with Crippen LogP contribution in [0, 0.1) is 0 Å². The van der Waals surface area contributed by atoms with Crippen molar-refractivity contribution in [3.05, 3.63) is 35.4 Å². The maximum absolute atomic E-state index is 12.1. The first kappa shape index (κ1) is 14.6. The maximum atomic E-state index is 12.1. The molecule has 0 amide bonds. The molecule has 0 unspecified atom stereocenters. The number of rotatable bonds is 4. The Morgan fingerprint density at radius 1 is 1.29 bits per heavy atom. The van der Waals surface area contributed by atoms with Crippen LogP contribution in [0.1, 0.15) is 18.9 Å². The molecule has 0 aliphatic heterocycles. The Labute approximate surface area is 111 Å². The van der Waals surface area contributed by atoms with Crippen LogP contribution in [-0.4, -0.2) is 10.8 Å². The zero-order chi connectivity index (χ0) is 12.9. The predicted molar refractivity (Wildman–Crippen MR) is 70.4 cm³/mol. The first-order valence-corrected chi connectivity index (χ1v) is 6.99. The number of thioether (sulfide) groups is 1. The van der Waals surface area contributed by atoms with E-state index in [1.807, 2.05) is 13.0 Å². The van der Waals surface area contributed by atoms with E-state index in [4.69, 9.17) is 0 Å². The molecular formula is C12H12BrF3S. The van der Waals surface area contributed by atoms with Gasteiger partial charge in [0.1, 0.15) is 0 Å². The van der Waals surface area contributed by atoms with Crippen molar-refractivity contribution in [2.24, 2.45) is 0 Å². The summed E-state index contributed by atoms with van der Waals surface area (Å²) in [6.45, 7) is 2.04. The highest BCUT2D eigenvalue weighted by Gasteiger charge is 2.28. The van der Waals surface area contributed by atoms with Crippen LogP contribution in [0.3, 0.4) is 0 Å². The highest BCUT2D eigenvalue weighted by Crippen LogP contribution is 2.36. The molecule has 0 atom stereocenters. The molecule has 1 rings (SSSR count). The van der Waals surface area contributed by atoms with Crippen LogP contribution in [0.25, 0.3) is 6.08 Å². The summed E-state index contributed by atoms with van der Waals surface area (Å²) in [5.74, 6) is 0. The van der Waals surface area contributed by atoms with Gasteiger partial charge in [-0.3, -0.25) is 0 Å². The zero-order valence-electron chi connectivity index (χ0n) is 9.22. The van der Waals surface area contributed by atoms with Crippen molar-refractivity contribution in [2.75, 3.05) is 5.33 Å². The molecule has 0 nitrogen and oxygen atoms in total. The van der Waals surface area contributed by atoms with E-state index in [2.05, 4.69) is 15.9 Å². The zero-order valence-corrected chi connectivity index (χ0v) is 11.6. The highest BCUT2D eigenvalue weighted by atomic mass is 79.9. The number of benzene rings is 1. The molecule has 0 radical (unpaired) electrons. The molecule has 0 saturated carbocycles. The van der Waals surface area contributed by atoms with Gasteiger partial charge in [-0.05, 0) is 35.9 Å². The van der Waals surface area contributed by atoms with Crippen molar-refractivity contribution in [2.45, 2.75) is 23.7 Å². The number of allylic oxidation sites excluding steroid dienone is 1. The third-order valence-corrected chi connectivity index (χ3v) is 3.57. The van der Waals surface area contributed by atoms with Crippen LogP contribution in [-0.2, 0) is 0 Å². The highest BCUT2D eigenvalue weighted by molar-refractivity contribution is 9.09. The van der Waals surface area contributed by atoms with Gasteiger partial charge in [0.05, 0.1) is 0 Å². The Morgan fingerprint density at radius 3 is 2.29 bits per heavy atom. The summed E-state index contributed by atoms with van der Waals surface area (Å²) >= 11 is 3.28. The third kappa shape index (κ3) is 5.64. The SMILES string of the molecule is CCC(=Cc1ccc(SC(F)(F)F)cc1)CBr. The summed E-state index contributed by atoms with van der Waals surface area (Å²) in [5.41, 5.74) is -2.09. The third-order valence-electron chi connectivity index (χ3n) is 2.11. The molecule has 0 aliphatic carbocycles. The molecule has 0 saturated heterocycles. The second-order valence-electron chi connectivity index (χ2n) is 3.41. The predicted octanol–water partition coefficient (Wildman–Crippen LogP) is 5.49. The quantitative estimate of drug-likeness (QED) is 0.521. The van der Waals surface area contributed by atoms with E-state index in [0.717, 1.165) is 17.3 Å². The summed E-state index contributed by atoms with van der Waals surface area (Å²) < 4.78 is 36.3. The fraction of sp³-hybridized carbons (Fsp3) is 0.333. The molecule has 5 heteroatoms. The van der Waals surface area contributed by atoms with Gasteiger partial charge in [0.2, 0.25) is 0 Å². The van der Waals surface area contributed by atoms with Crippen LogP contribution in [0.4, 0.5) is 13.2 Å². The van der Waals surface area contributed by atoms with Gasteiger partial charge in [-0.25, -0.2) is 0 Å². The number of halogens is 4. The Morgan fingerprint density at radius 2 is 1.88 bits per heavy atom. The van der Waals surface area contributed by atoms with Crippen molar-refractivity contribution in [3.8, 4) is 0 Å². The van der Waals surface area contributed by atoms with Gasteiger partial charge in [-0.2, -0.15) is 13.2 Å². The number of hydrogen-bond donors (Lipinski definition) is 0. The van der Waals surface area contributed by atoms with Gasteiger partial charge in [-0.15, -0.1) is 0 Å². The lowest BCUT2D eigenvalue weighted by Gasteiger charge is -2.05. The average molecular weight is 325 g/mol. The Hall–Kier alpha value is -0.420. The van der Waals surface area contributed by atoms with Gasteiger partial charge in [0, 0.05) is 10.2 Å². The fourth-order valence-electron chi connectivity index (χ4n) is 1.24. The summed E-state index contributed by atoms with van der Waals surface area (Å²) in [7, 11) is 0. The second-order valence-corrected chi connectivity index (χ2v) is 5.11. The van der Waals surface area contributed by atoms with Gasteiger partial charge in [0.15, 0.2) is 0 Å². The van der Waals surface area contributed by atoms with Crippen molar-refractivity contribution < 1.29 is 13.2 Å². The molecule has 1 aromatic carbocycles. The van der Waals surface area contributed by atoms with Crippen LogP contribution < -0.4 is 0 Å². The van der Waals surface area contributed by atoms with Crippen LogP contribution in [0.5, 0.6) is 0 Å². The molecule has 0 N–H and O–H groups in total. The lowest BCUT2D eigenvalue weighted by molar-refractivity contribution is -0.0328. The minimum absolute atomic E-state index is 0.0901. The summed E-state index contributed by atoms with van der Waals surface area (Å²) in [6.07, 6.45) is 2.90. The molecule has 17 heavy (non-hydrogen) atoms. The average Bonchev–Trinajstić information content (AvgIpc) is 2.26. The standard InChI is InChI=1S/C12H12BrF3S/c1-2-9(8-13)7-10-3-5-11(6-4-10)17-12(14,15)16/h3-7H,2,8H2,1H3. The smallest absolute Gasteiger partial charge is 0.160 e. The Kier molecular flexibility index (Phi) is 5.59. The first-order valence-electron chi connectivity index (χ1n) is 5.06. The van der Waals surface area contributed by atoms with E-state index < -0.39 is 5.51 Å². The molecule has 0 fully saturated rings. The minimum atomic E-state index is -4.22. The first-order chi connectivity index (χ1) is 7.94. The molecular weight excluding hydrogens is 313 g/mol. The fourth-order valence-corrected chi connectivity index (χ4v) is 2.33. The van der Waals surface area contributed by atoms with E-state index in [0.29, 0.717) is 0 Å². The number of alkyl halides is 4. The normalized spacial score (nSPS) is 12.9. The minimum Gasteiger partial charge on any atom is -0.160 e. The van der Waals surface area contributed by atoms with Gasteiger partial charge in [0.25, 0.3) is 0 Å². The maximum Gasteiger partial charge on any atom is 0.446 e. The largest absolute Gasteiger partial charge is 0.446 e. The topological polar surface area (TPSA) is 0 Å². The van der Waals surface area contributed by atoms with Crippen molar-refractivity contribution in [3.63, 3.8) is 0 Å². The number of hydrogen-bond acceptors (Lipinski definition) is 1.